The molecule has 0 unspecified atom stereocenters. The molecule has 1 aromatic heterocycles. The molecule has 1 rings (SSSR count). The molecule has 3 nitrogen and oxygen atoms in total. The summed E-state index contributed by atoms with van der Waals surface area (Å²) in [5, 5.41) is 0. The third-order valence-corrected chi connectivity index (χ3v) is 3.39. The van der Waals surface area contributed by atoms with Gasteiger partial charge < -0.3 is 0 Å². The number of hydrogen-bond acceptors (Lipinski definition) is 2. The average Bonchev–Trinajstić information content (AvgIpc) is 2.37. The lowest BCUT2D eigenvalue weighted by atomic mass is 9.95. The number of pyridine rings is 1. The number of nitrogens with zero attached hydrogens (tertiary/aromatic N) is 2. The van der Waals surface area contributed by atoms with Crippen LogP contribution in [0.25, 0.3) is 5.57 Å². The van der Waals surface area contributed by atoms with Gasteiger partial charge in [-0.3, -0.25) is 9.69 Å². The number of aromatic nitrogens is 1. The second kappa shape index (κ2) is 7.21. The van der Waals surface area contributed by atoms with Crippen LogP contribution in [0.1, 0.15) is 45.7 Å². The highest BCUT2D eigenvalue weighted by Crippen LogP contribution is 2.26. The third-order valence-electron chi connectivity index (χ3n) is 3.39. The van der Waals surface area contributed by atoms with Crippen molar-refractivity contribution in [3.05, 3.63) is 41.1 Å². The van der Waals surface area contributed by atoms with Crippen molar-refractivity contribution >= 4 is 17.3 Å². The fourth-order valence-corrected chi connectivity index (χ4v) is 2.10. The lowest BCUT2D eigenvalue weighted by Gasteiger charge is -2.18. The highest BCUT2D eigenvalue weighted by molar-refractivity contribution is 5.90. The van der Waals surface area contributed by atoms with Crippen LogP contribution in [0, 0.1) is 12.8 Å². The normalized spacial score (nSPS) is 11.5. The summed E-state index contributed by atoms with van der Waals surface area (Å²) in [6.07, 6.45) is 6.14. The van der Waals surface area contributed by atoms with Gasteiger partial charge >= 0.3 is 0 Å². The maximum Gasteiger partial charge on any atom is 0.224 e. The molecule has 1 heterocycles. The molecule has 0 saturated carbocycles. The number of hydrogen-bond donors (Lipinski definition) is 0. The second-order valence-electron chi connectivity index (χ2n) is 5.96. The van der Waals surface area contributed by atoms with Gasteiger partial charge in [0.2, 0.25) is 5.91 Å². The van der Waals surface area contributed by atoms with Gasteiger partial charge in [0.1, 0.15) is 5.82 Å². The van der Waals surface area contributed by atoms with Gasteiger partial charge in [-0.15, -0.1) is 0 Å². The Morgan fingerprint density at radius 2 is 1.86 bits per heavy atom. The topological polar surface area (TPSA) is 33.2 Å². The summed E-state index contributed by atoms with van der Waals surface area (Å²) >= 11 is 0. The van der Waals surface area contributed by atoms with Crippen LogP contribution in [0.4, 0.5) is 5.82 Å². The van der Waals surface area contributed by atoms with Crippen LogP contribution in [0.5, 0.6) is 0 Å². The Hall–Kier alpha value is -1.90. The smallest absolute Gasteiger partial charge is 0.224 e. The first-order chi connectivity index (χ1) is 9.73. The molecule has 0 N–H and O–H groups in total. The van der Waals surface area contributed by atoms with E-state index in [-0.39, 0.29) is 5.91 Å². The quantitative estimate of drug-likeness (QED) is 0.770. The maximum absolute atomic E-state index is 11.5. The Morgan fingerprint density at radius 3 is 2.29 bits per heavy atom. The van der Waals surface area contributed by atoms with Gasteiger partial charge in [0.15, 0.2) is 0 Å². The minimum Gasteiger partial charge on any atom is -0.300 e. The molecule has 3 heteroatoms. The number of allylic oxidation sites excluding steroid dienone is 4. The largest absolute Gasteiger partial charge is 0.300 e. The Morgan fingerprint density at radius 1 is 1.24 bits per heavy atom. The van der Waals surface area contributed by atoms with E-state index >= 15 is 0 Å². The Labute approximate surface area is 128 Å². The molecule has 0 spiro atoms. The van der Waals surface area contributed by atoms with Crippen molar-refractivity contribution in [2.24, 2.45) is 5.92 Å². The van der Waals surface area contributed by atoms with E-state index in [1.54, 1.807) is 18.9 Å². The minimum atomic E-state index is -0.0116. The molecule has 1 amide bonds. The van der Waals surface area contributed by atoms with Gasteiger partial charge in [0.25, 0.3) is 0 Å². The molecule has 0 fully saturated rings. The number of carbonyl (C=O) groups is 1. The van der Waals surface area contributed by atoms with Crippen LogP contribution in [0.15, 0.2) is 30.0 Å². The van der Waals surface area contributed by atoms with Gasteiger partial charge in [-0.25, -0.2) is 4.98 Å². The van der Waals surface area contributed by atoms with E-state index in [9.17, 15) is 4.79 Å². The Bertz CT molecular complexity index is 579. The van der Waals surface area contributed by atoms with Crippen molar-refractivity contribution in [2.75, 3.05) is 11.9 Å². The van der Waals surface area contributed by atoms with Crippen molar-refractivity contribution in [1.82, 2.24) is 4.98 Å². The van der Waals surface area contributed by atoms with Crippen molar-refractivity contribution in [3.63, 3.8) is 0 Å². The Balaban J connectivity index is 3.25. The molecule has 21 heavy (non-hydrogen) atoms. The van der Waals surface area contributed by atoms with Crippen LogP contribution < -0.4 is 4.90 Å². The predicted octanol–water partition coefficient (Wildman–Crippen LogP) is 4.38. The number of anilines is 1. The standard InChI is InChI=1S/C18H26N2O/c1-12(2)8-9-17(13(3)4)16-10-14(5)18(19-11-16)20(7)15(6)21/h8-11,13H,1-7H3/b17-9+. The maximum atomic E-state index is 11.5. The van der Waals surface area contributed by atoms with Crippen LogP contribution in [-0.2, 0) is 4.79 Å². The zero-order valence-corrected chi connectivity index (χ0v) is 14.2. The van der Waals surface area contributed by atoms with Crippen LogP contribution in [0.2, 0.25) is 0 Å². The van der Waals surface area contributed by atoms with Gasteiger partial charge in [0.05, 0.1) is 0 Å². The van der Waals surface area contributed by atoms with Gasteiger partial charge in [-0.05, 0) is 49.5 Å². The molecule has 114 valence electrons. The van der Waals surface area contributed by atoms with E-state index in [1.165, 1.54) is 11.1 Å². The van der Waals surface area contributed by atoms with Gasteiger partial charge in [0, 0.05) is 20.2 Å². The molecule has 0 saturated heterocycles. The summed E-state index contributed by atoms with van der Waals surface area (Å²) in [5.41, 5.74) is 4.64. The van der Waals surface area contributed by atoms with Crippen molar-refractivity contribution in [1.29, 1.82) is 0 Å². The molecule has 0 aromatic carbocycles. The van der Waals surface area contributed by atoms with E-state index in [4.69, 9.17) is 0 Å². The van der Waals surface area contributed by atoms with Crippen LogP contribution >= 0.6 is 0 Å². The van der Waals surface area contributed by atoms with Gasteiger partial charge in [-0.2, -0.15) is 0 Å². The first-order valence-electron chi connectivity index (χ1n) is 7.30. The molecule has 1 aromatic rings. The van der Waals surface area contributed by atoms with Crippen molar-refractivity contribution in [2.45, 2.75) is 41.5 Å². The van der Waals surface area contributed by atoms with Crippen LogP contribution in [-0.4, -0.2) is 17.9 Å². The first kappa shape index (κ1) is 17.2. The fraction of sp³-hybridized carbons (Fsp3) is 0.444. The van der Waals surface area contributed by atoms with E-state index in [0.29, 0.717) is 5.92 Å². The summed E-state index contributed by atoms with van der Waals surface area (Å²) < 4.78 is 0. The monoisotopic (exact) mass is 286 g/mol. The molecular formula is C18H26N2O. The molecular weight excluding hydrogens is 260 g/mol. The molecule has 0 aliphatic heterocycles. The molecule has 0 aliphatic carbocycles. The van der Waals surface area contributed by atoms with E-state index in [0.717, 1.165) is 16.9 Å². The lowest BCUT2D eigenvalue weighted by Crippen LogP contribution is -2.24. The van der Waals surface area contributed by atoms with Gasteiger partial charge in [-0.1, -0.05) is 31.6 Å². The van der Waals surface area contributed by atoms with Crippen LogP contribution in [0.3, 0.4) is 0 Å². The zero-order valence-electron chi connectivity index (χ0n) is 14.2. The SMILES string of the molecule is CC(=O)N(C)c1ncc(/C(=C/C=C(C)C)C(C)C)cc1C. The second-order valence-corrected chi connectivity index (χ2v) is 5.96. The molecule has 0 aliphatic rings. The molecule has 0 bridgehead atoms. The lowest BCUT2D eigenvalue weighted by molar-refractivity contribution is -0.116. The predicted molar refractivity (Wildman–Crippen MR) is 90.3 cm³/mol. The highest BCUT2D eigenvalue weighted by atomic mass is 16.2. The van der Waals surface area contributed by atoms with Crippen molar-refractivity contribution in [3.8, 4) is 0 Å². The first-order valence-corrected chi connectivity index (χ1v) is 7.30. The average molecular weight is 286 g/mol. The number of amides is 1. The highest BCUT2D eigenvalue weighted by Gasteiger charge is 2.13. The summed E-state index contributed by atoms with van der Waals surface area (Å²) in [5.74, 6) is 1.12. The molecule has 0 radical (unpaired) electrons. The number of carbonyl (C=O) groups excluding carboxylic acids is 1. The summed E-state index contributed by atoms with van der Waals surface area (Å²) in [7, 11) is 1.75. The summed E-state index contributed by atoms with van der Waals surface area (Å²) in [4.78, 5) is 17.5. The fourth-order valence-electron chi connectivity index (χ4n) is 2.10. The number of aryl methyl sites for hydroxylation is 1. The summed E-state index contributed by atoms with van der Waals surface area (Å²) in [6.45, 7) is 12.1. The molecule has 0 atom stereocenters. The van der Waals surface area contributed by atoms with E-state index in [1.807, 2.05) is 13.1 Å². The summed E-state index contributed by atoms with van der Waals surface area (Å²) in [6, 6.07) is 2.10. The van der Waals surface area contributed by atoms with E-state index in [2.05, 4.69) is 50.9 Å². The minimum absolute atomic E-state index is 0.0116. The van der Waals surface area contributed by atoms with E-state index < -0.39 is 0 Å². The number of rotatable bonds is 4. The van der Waals surface area contributed by atoms with Crippen molar-refractivity contribution < 1.29 is 4.79 Å². The third kappa shape index (κ3) is 4.55. The Kier molecular flexibility index (Phi) is 5.89. The zero-order chi connectivity index (χ0) is 16.2.